The molecule has 3 N–H and O–H groups in total. The third-order valence-corrected chi connectivity index (χ3v) is 2.85. The average molecular weight is 252 g/mol. The van der Waals surface area contributed by atoms with Gasteiger partial charge >= 0.3 is 0 Å². The highest BCUT2D eigenvalue weighted by atomic mass is 19.1. The lowest BCUT2D eigenvalue weighted by molar-refractivity contribution is 0.1000. The number of unbranched alkanes of at least 4 members (excludes halogenated alkanes) is 3. The Morgan fingerprint density at radius 3 is 2.78 bits per heavy atom. The predicted molar refractivity (Wildman–Crippen MR) is 70.8 cm³/mol. The molecule has 0 saturated heterocycles. The Balaban J connectivity index is 2.41. The van der Waals surface area contributed by atoms with Crippen molar-refractivity contribution >= 4 is 5.91 Å². The van der Waals surface area contributed by atoms with Crippen LogP contribution in [0.3, 0.4) is 0 Å². The minimum atomic E-state index is -0.529. The number of hydrogen-bond acceptors (Lipinski definition) is 2. The summed E-state index contributed by atoms with van der Waals surface area (Å²) in [6.45, 7) is 3.46. The van der Waals surface area contributed by atoms with Crippen LogP contribution in [0.15, 0.2) is 18.2 Å². The van der Waals surface area contributed by atoms with Crippen molar-refractivity contribution in [2.75, 3.05) is 6.54 Å². The number of primary amides is 1. The molecule has 0 atom stereocenters. The first-order chi connectivity index (χ1) is 8.65. The van der Waals surface area contributed by atoms with Crippen molar-refractivity contribution < 1.29 is 9.18 Å². The molecular weight excluding hydrogens is 231 g/mol. The van der Waals surface area contributed by atoms with Gasteiger partial charge in [0.05, 0.1) is 0 Å². The largest absolute Gasteiger partial charge is 0.366 e. The summed E-state index contributed by atoms with van der Waals surface area (Å²) >= 11 is 0. The maximum Gasteiger partial charge on any atom is 0.248 e. The normalized spacial score (nSPS) is 10.6. The summed E-state index contributed by atoms with van der Waals surface area (Å²) in [6, 6.07) is 4.20. The SMILES string of the molecule is CCCCCCNCc1cc(C(N)=O)ccc1F. The molecule has 0 saturated carbocycles. The molecule has 1 aromatic rings. The molecule has 1 aromatic carbocycles. The van der Waals surface area contributed by atoms with Crippen LogP contribution < -0.4 is 11.1 Å². The molecule has 0 aromatic heterocycles. The number of hydrogen-bond donors (Lipinski definition) is 2. The summed E-state index contributed by atoms with van der Waals surface area (Å²) in [6.07, 6.45) is 4.71. The molecule has 4 heteroatoms. The number of carbonyl (C=O) groups is 1. The van der Waals surface area contributed by atoms with Gasteiger partial charge in [0.25, 0.3) is 0 Å². The van der Waals surface area contributed by atoms with Gasteiger partial charge in [-0.2, -0.15) is 0 Å². The van der Waals surface area contributed by atoms with Crippen molar-refractivity contribution in [2.24, 2.45) is 5.73 Å². The second kappa shape index (κ2) is 7.82. The summed E-state index contributed by atoms with van der Waals surface area (Å²) in [4.78, 5) is 11.0. The summed E-state index contributed by atoms with van der Waals surface area (Å²) < 4.78 is 13.5. The highest BCUT2D eigenvalue weighted by Crippen LogP contribution is 2.10. The molecule has 0 fully saturated rings. The molecular formula is C14H21FN2O. The van der Waals surface area contributed by atoms with Gasteiger partial charge in [-0.25, -0.2) is 4.39 Å². The minimum absolute atomic E-state index is 0.305. The zero-order valence-corrected chi connectivity index (χ0v) is 10.8. The maximum absolute atomic E-state index is 13.5. The molecule has 1 rings (SSSR count). The van der Waals surface area contributed by atoms with Crippen LogP contribution in [0.2, 0.25) is 0 Å². The van der Waals surface area contributed by atoms with Gasteiger partial charge in [-0.1, -0.05) is 26.2 Å². The fourth-order valence-corrected chi connectivity index (χ4v) is 1.76. The molecule has 0 radical (unpaired) electrons. The molecule has 0 spiro atoms. The monoisotopic (exact) mass is 252 g/mol. The quantitative estimate of drug-likeness (QED) is 0.699. The molecule has 0 aliphatic heterocycles. The summed E-state index contributed by atoms with van der Waals surface area (Å²) in [5.41, 5.74) is 5.99. The van der Waals surface area contributed by atoms with Crippen LogP contribution in [-0.4, -0.2) is 12.5 Å². The standard InChI is InChI=1S/C14H21FN2O/c1-2-3-4-5-8-17-10-12-9-11(14(16)18)6-7-13(12)15/h6-7,9,17H,2-5,8,10H2,1H3,(H2,16,18). The van der Waals surface area contributed by atoms with E-state index in [2.05, 4.69) is 12.2 Å². The van der Waals surface area contributed by atoms with Gasteiger partial charge < -0.3 is 11.1 Å². The maximum atomic E-state index is 13.5. The van der Waals surface area contributed by atoms with Crippen molar-refractivity contribution in [1.82, 2.24) is 5.32 Å². The number of amides is 1. The molecule has 0 bridgehead atoms. The van der Waals surface area contributed by atoms with Crippen LogP contribution in [0.5, 0.6) is 0 Å². The number of benzene rings is 1. The highest BCUT2D eigenvalue weighted by Gasteiger charge is 2.06. The van der Waals surface area contributed by atoms with E-state index in [1.807, 2.05) is 0 Å². The molecule has 100 valence electrons. The molecule has 0 aliphatic rings. The molecule has 0 heterocycles. The van der Waals surface area contributed by atoms with E-state index in [1.165, 1.54) is 37.5 Å². The van der Waals surface area contributed by atoms with E-state index in [0.717, 1.165) is 13.0 Å². The van der Waals surface area contributed by atoms with E-state index >= 15 is 0 Å². The van der Waals surface area contributed by atoms with E-state index in [4.69, 9.17) is 5.73 Å². The Morgan fingerprint density at radius 2 is 2.11 bits per heavy atom. The van der Waals surface area contributed by atoms with Crippen molar-refractivity contribution in [3.05, 3.63) is 35.1 Å². The van der Waals surface area contributed by atoms with Crippen LogP contribution in [-0.2, 0) is 6.54 Å². The third kappa shape index (κ3) is 4.84. The van der Waals surface area contributed by atoms with Crippen molar-refractivity contribution in [3.8, 4) is 0 Å². The van der Waals surface area contributed by atoms with Crippen LogP contribution in [0, 0.1) is 5.82 Å². The van der Waals surface area contributed by atoms with Crippen LogP contribution >= 0.6 is 0 Å². The Labute approximate surface area is 108 Å². The highest BCUT2D eigenvalue weighted by molar-refractivity contribution is 5.92. The molecule has 0 aliphatic carbocycles. The predicted octanol–water partition coefficient (Wildman–Crippen LogP) is 2.59. The smallest absolute Gasteiger partial charge is 0.248 e. The number of rotatable bonds is 8. The second-order valence-corrected chi connectivity index (χ2v) is 4.41. The van der Waals surface area contributed by atoms with E-state index in [-0.39, 0.29) is 5.82 Å². The van der Waals surface area contributed by atoms with Crippen molar-refractivity contribution in [2.45, 2.75) is 39.2 Å². The lowest BCUT2D eigenvalue weighted by Gasteiger charge is -2.07. The van der Waals surface area contributed by atoms with Gasteiger partial charge in [0.1, 0.15) is 5.82 Å². The van der Waals surface area contributed by atoms with Gasteiger partial charge in [0, 0.05) is 17.7 Å². The third-order valence-electron chi connectivity index (χ3n) is 2.85. The van der Waals surface area contributed by atoms with E-state index in [1.54, 1.807) is 0 Å². The summed E-state index contributed by atoms with van der Waals surface area (Å²) in [7, 11) is 0. The van der Waals surface area contributed by atoms with Crippen molar-refractivity contribution in [3.63, 3.8) is 0 Å². The lowest BCUT2D eigenvalue weighted by Crippen LogP contribution is -2.17. The van der Waals surface area contributed by atoms with Crippen molar-refractivity contribution in [1.29, 1.82) is 0 Å². The van der Waals surface area contributed by atoms with Crippen LogP contribution in [0.1, 0.15) is 48.5 Å². The first-order valence-corrected chi connectivity index (χ1v) is 6.44. The first kappa shape index (κ1) is 14.6. The summed E-state index contributed by atoms with van der Waals surface area (Å²) in [5, 5.41) is 3.18. The summed E-state index contributed by atoms with van der Waals surface area (Å²) in [5.74, 6) is -0.833. The Bertz CT molecular complexity index is 393. The minimum Gasteiger partial charge on any atom is -0.366 e. The zero-order chi connectivity index (χ0) is 13.4. The number of nitrogens with one attached hydrogen (secondary N) is 1. The lowest BCUT2D eigenvalue weighted by atomic mass is 10.1. The number of halogens is 1. The van der Waals surface area contributed by atoms with Crippen LogP contribution in [0.4, 0.5) is 4.39 Å². The molecule has 18 heavy (non-hydrogen) atoms. The van der Waals surface area contributed by atoms with Gasteiger partial charge in [-0.05, 0) is 31.2 Å². The van der Waals surface area contributed by atoms with E-state index < -0.39 is 5.91 Å². The molecule has 1 amide bonds. The Kier molecular flexibility index (Phi) is 6.36. The van der Waals surface area contributed by atoms with Gasteiger partial charge in [-0.15, -0.1) is 0 Å². The number of carbonyl (C=O) groups excluding carboxylic acids is 1. The van der Waals surface area contributed by atoms with E-state index in [9.17, 15) is 9.18 Å². The topological polar surface area (TPSA) is 55.1 Å². The Morgan fingerprint density at radius 1 is 1.33 bits per heavy atom. The Hall–Kier alpha value is -1.42. The van der Waals surface area contributed by atoms with Crippen LogP contribution in [0.25, 0.3) is 0 Å². The van der Waals surface area contributed by atoms with E-state index in [0.29, 0.717) is 17.7 Å². The molecule has 0 unspecified atom stereocenters. The first-order valence-electron chi connectivity index (χ1n) is 6.44. The van der Waals surface area contributed by atoms with Gasteiger partial charge in [0.15, 0.2) is 0 Å². The fourth-order valence-electron chi connectivity index (χ4n) is 1.76. The average Bonchev–Trinajstić information content (AvgIpc) is 2.35. The van der Waals surface area contributed by atoms with Gasteiger partial charge in [0.2, 0.25) is 5.91 Å². The molecule has 3 nitrogen and oxygen atoms in total. The zero-order valence-electron chi connectivity index (χ0n) is 10.8. The van der Waals surface area contributed by atoms with Gasteiger partial charge in [-0.3, -0.25) is 4.79 Å². The second-order valence-electron chi connectivity index (χ2n) is 4.41. The fraction of sp³-hybridized carbons (Fsp3) is 0.500. The number of nitrogens with two attached hydrogens (primary N) is 1.